The summed E-state index contributed by atoms with van der Waals surface area (Å²) in [6, 6.07) is 10.4. The normalized spacial score (nSPS) is 13.6. The van der Waals surface area contributed by atoms with Crippen LogP contribution in [0.4, 0.5) is 5.82 Å². The van der Waals surface area contributed by atoms with Crippen LogP contribution in [0.25, 0.3) is 0 Å². The first-order chi connectivity index (χ1) is 14.7. The van der Waals surface area contributed by atoms with Gasteiger partial charge in [-0.25, -0.2) is 4.98 Å². The van der Waals surface area contributed by atoms with E-state index in [9.17, 15) is 0 Å². The number of aryl methyl sites for hydroxylation is 1. The van der Waals surface area contributed by atoms with Gasteiger partial charge in [-0.05, 0) is 49.1 Å². The van der Waals surface area contributed by atoms with Crippen molar-refractivity contribution in [1.29, 1.82) is 0 Å². The van der Waals surface area contributed by atoms with Crippen LogP contribution in [0.2, 0.25) is 0 Å². The van der Waals surface area contributed by atoms with Crippen LogP contribution in [0.1, 0.15) is 29.5 Å². The van der Waals surface area contributed by atoms with Gasteiger partial charge in [0.05, 0.1) is 6.61 Å². The first kappa shape index (κ1) is 25.2. The van der Waals surface area contributed by atoms with Crippen LogP contribution in [-0.4, -0.2) is 51.4 Å². The average molecular weight is 539 g/mol. The fourth-order valence-electron chi connectivity index (χ4n) is 3.45. The molecule has 0 atom stereocenters. The number of pyridine rings is 1. The quantitative estimate of drug-likeness (QED) is 0.220. The molecule has 0 amide bonds. The van der Waals surface area contributed by atoms with Crippen LogP contribution >= 0.6 is 24.0 Å². The molecule has 0 radical (unpaired) electrons. The van der Waals surface area contributed by atoms with Crippen molar-refractivity contribution in [3.8, 4) is 5.75 Å². The SMILES string of the molecule is CN=C(NCc1ccnc(N2CCCC2)c1)NCc1ccc(C)cc1OCCOC.I. The summed E-state index contributed by atoms with van der Waals surface area (Å²) in [5.74, 6) is 2.68. The Balaban J connectivity index is 0.00000341. The number of hydrogen-bond acceptors (Lipinski definition) is 5. The predicted octanol–water partition coefficient (Wildman–Crippen LogP) is 3.50. The van der Waals surface area contributed by atoms with Crippen LogP contribution in [0, 0.1) is 6.92 Å². The Bertz CT molecular complexity index is 840. The third-order valence-corrected chi connectivity index (χ3v) is 5.14. The third-order valence-electron chi connectivity index (χ3n) is 5.14. The summed E-state index contributed by atoms with van der Waals surface area (Å²) in [5, 5.41) is 6.77. The van der Waals surface area contributed by atoms with Gasteiger partial charge in [0.1, 0.15) is 18.2 Å². The number of halogens is 1. The van der Waals surface area contributed by atoms with Crippen LogP contribution in [0.5, 0.6) is 5.75 Å². The van der Waals surface area contributed by atoms with E-state index in [1.807, 2.05) is 12.3 Å². The van der Waals surface area contributed by atoms with E-state index in [-0.39, 0.29) is 24.0 Å². The van der Waals surface area contributed by atoms with Crippen LogP contribution in [0.15, 0.2) is 41.5 Å². The van der Waals surface area contributed by atoms with Gasteiger partial charge in [0.15, 0.2) is 5.96 Å². The van der Waals surface area contributed by atoms with Gasteiger partial charge in [-0.15, -0.1) is 24.0 Å². The van der Waals surface area contributed by atoms with E-state index in [0.29, 0.717) is 26.3 Å². The number of aromatic nitrogens is 1. The smallest absolute Gasteiger partial charge is 0.191 e. The maximum atomic E-state index is 5.88. The summed E-state index contributed by atoms with van der Waals surface area (Å²) < 4.78 is 11.0. The van der Waals surface area contributed by atoms with Crippen molar-refractivity contribution in [2.45, 2.75) is 32.9 Å². The molecule has 1 aliphatic heterocycles. The molecule has 8 heteroatoms. The highest BCUT2D eigenvalue weighted by Gasteiger charge is 2.13. The summed E-state index contributed by atoms with van der Waals surface area (Å²) in [6.45, 7) is 6.66. The Morgan fingerprint density at radius 3 is 2.61 bits per heavy atom. The fraction of sp³-hybridized carbons (Fsp3) is 0.478. The molecule has 0 aliphatic carbocycles. The molecule has 0 unspecified atom stereocenters. The Hall–Kier alpha value is -2.07. The number of aliphatic imine (C=N–C) groups is 1. The van der Waals surface area contributed by atoms with Crippen molar-refractivity contribution in [3.63, 3.8) is 0 Å². The molecular weight excluding hydrogens is 505 g/mol. The van der Waals surface area contributed by atoms with E-state index < -0.39 is 0 Å². The zero-order valence-electron chi connectivity index (χ0n) is 18.7. The Morgan fingerprint density at radius 2 is 1.87 bits per heavy atom. The predicted molar refractivity (Wildman–Crippen MR) is 137 cm³/mol. The molecule has 1 fully saturated rings. The highest BCUT2D eigenvalue weighted by Crippen LogP contribution is 2.20. The molecule has 2 heterocycles. The number of benzene rings is 1. The second-order valence-corrected chi connectivity index (χ2v) is 7.45. The number of nitrogens with one attached hydrogen (secondary N) is 2. The summed E-state index contributed by atoms with van der Waals surface area (Å²) in [4.78, 5) is 11.2. The number of rotatable bonds is 9. The van der Waals surface area contributed by atoms with Crippen molar-refractivity contribution in [3.05, 3.63) is 53.2 Å². The summed E-state index contributed by atoms with van der Waals surface area (Å²) >= 11 is 0. The van der Waals surface area contributed by atoms with Gasteiger partial charge in [0.25, 0.3) is 0 Å². The van der Waals surface area contributed by atoms with E-state index in [4.69, 9.17) is 9.47 Å². The van der Waals surface area contributed by atoms with Crippen LogP contribution in [-0.2, 0) is 17.8 Å². The van der Waals surface area contributed by atoms with Gasteiger partial charge < -0.3 is 25.0 Å². The van der Waals surface area contributed by atoms with Crippen LogP contribution in [0.3, 0.4) is 0 Å². The molecular formula is C23H34IN5O2. The highest BCUT2D eigenvalue weighted by atomic mass is 127. The summed E-state index contributed by atoms with van der Waals surface area (Å²) in [5.41, 5.74) is 3.44. The number of anilines is 1. The second kappa shape index (κ2) is 13.4. The van der Waals surface area contributed by atoms with Gasteiger partial charge in [0.2, 0.25) is 0 Å². The molecule has 31 heavy (non-hydrogen) atoms. The van der Waals surface area contributed by atoms with E-state index in [2.05, 4.69) is 56.7 Å². The molecule has 170 valence electrons. The topological polar surface area (TPSA) is 71.0 Å². The lowest BCUT2D eigenvalue weighted by molar-refractivity contribution is 0.145. The van der Waals surface area contributed by atoms with Crippen molar-refractivity contribution in [2.24, 2.45) is 4.99 Å². The first-order valence-electron chi connectivity index (χ1n) is 10.6. The number of nitrogens with zero attached hydrogens (tertiary/aromatic N) is 3. The number of guanidine groups is 1. The van der Waals surface area contributed by atoms with Crippen molar-refractivity contribution in [2.75, 3.05) is 45.4 Å². The van der Waals surface area contributed by atoms with E-state index in [1.165, 1.54) is 24.0 Å². The van der Waals surface area contributed by atoms with Gasteiger partial charge >= 0.3 is 0 Å². The Kier molecular flexibility index (Phi) is 10.9. The summed E-state index contributed by atoms with van der Waals surface area (Å²) in [6.07, 6.45) is 4.38. The number of methoxy groups -OCH3 is 1. The second-order valence-electron chi connectivity index (χ2n) is 7.45. The van der Waals surface area contributed by atoms with Gasteiger partial charge in [0, 0.05) is 52.1 Å². The molecule has 7 nitrogen and oxygen atoms in total. The Labute approximate surface area is 202 Å². The van der Waals surface area contributed by atoms with Gasteiger partial charge in [-0.3, -0.25) is 4.99 Å². The van der Waals surface area contributed by atoms with E-state index in [0.717, 1.165) is 36.2 Å². The average Bonchev–Trinajstić information content (AvgIpc) is 3.30. The molecule has 3 rings (SSSR count). The molecule has 0 saturated carbocycles. The molecule has 0 bridgehead atoms. The maximum Gasteiger partial charge on any atom is 0.191 e. The summed E-state index contributed by atoms with van der Waals surface area (Å²) in [7, 11) is 3.46. The molecule has 2 N–H and O–H groups in total. The largest absolute Gasteiger partial charge is 0.491 e. The maximum absolute atomic E-state index is 5.88. The minimum absolute atomic E-state index is 0. The fourth-order valence-corrected chi connectivity index (χ4v) is 3.45. The lowest BCUT2D eigenvalue weighted by atomic mass is 10.1. The molecule has 2 aromatic rings. The standard InChI is InChI=1S/C23H33N5O2.HI/c1-18-6-7-20(21(14-18)30-13-12-29-3)17-27-23(24-2)26-16-19-8-9-25-22(15-19)28-10-4-5-11-28;/h6-9,14-15H,4-5,10-13,16-17H2,1-3H3,(H2,24,26,27);1H. The lowest BCUT2D eigenvalue weighted by Crippen LogP contribution is -2.36. The highest BCUT2D eigenvalue weighted by molar-refractivity contribution is 14.0. The van der Waals surface area contributed by atoms with Crippen LogP contribution < -0.4 is 20.3 Å². The third kappa shape index (κ3) is 7.84. The molecule has 1 aromatic heterocycles. The van der Waals surface area contributed by atoms with Crippen molar-refractivity contribution >= 4 is 35.8 Å². The van der Waals surface area contributed by atoms with Gasteiger partial charge in [-0.1, -0.05) is 12.1 Å². The van der Waals surface area contributed by atoms with Crippen molar-refractivity contribution in [1.82, 2.24) is 15.6 Å². The Morgan fingerprint density at radius 1 is 1.10 bits per heavy atom. The minimum Gasteiger partial charge on any atom is -0.491 e. The molecule has 0 spiro atoms. The zero-order valence-corrected chi connectivity index (χ0v) is 21.0. The zero-order chi connectivity index (χ0) is 21.2. The van der Waals surface area contributed by atoms with Gasteiger partial charge in [-0.2, -0.15) is 0 Å². The van der Waals surface area contributed by atoms with E-state index in [1.54, 1.807) is 14.2 Å². The monoisotopic (exact) mass is 539 g/mol. The molecule has 1 aliphatic rings. The molecule has 1 saturated heterocycles. The lowest BCUT2D eigenvalue weighted by Gasteiger charge is -2.18. The van der Waals surface area contributed by atoms with E-state index >= 15 is 0 Å². The number of hydrogen-bond donors (Lipinski definition) is 2. The minimum atomic E-state index is 0. The molecule has 1 aromatic carbocycles. The van der Waals surface area contributed by atoms with Crippen molar-refractivity contribution < 1.29 is 9.47 Å². The first-order valence-corrected chi connectivity index (χ1v) is 10.6. The number of ether oxygens (including phenoxy) is 2.